The van der Waals surface area contributed by atoms with Crippen molar-refractivity contribution < 1.29 is 34.4 Å². The van der Waals surface area contributed by atoms with E-state index in [0.717, 1.165) is 57.8 Å². The molecule has 1 fully saturated rings. The second-order valence-electron chi connectivity index (χ2n) is 11.5. The van der Waals surface area contributed by atoms with Crippen LogP contribution in [0.5, 0.6) is 11.5 Å². The number of nitrogens with zero attached hydrogens (tertiary/aromatic N) is 1. The molecule has 0 spiro atoms. The van der Waals surface area contributed by atoms with Crippen molar-refractivity contribution in [3.63, 3.8) is 0 Å². The third-order valence-electron chi connectivity index (χ3n) is 8.33. The Balaban J connectivity index is 1.93. The first-order valence-corrected chi connectivity index (χ1v) is 16.6. The molecule has 3 atom stereocenters. The molecule has 1 aromatic carbocycles. The van der Waals surface area contributed by atoms with Crippen LogP contribution in [0, 0.1) is 9.49 Å². The maximum absolute atomic E-state index is 13.8. The third-order valence-corrected chi connectivity index (χ3v) is 9.14. The minimum Gasteiger partial charge on any atom is -0.493 e. The molecule has 42 heavy (non-hydrogen) atoms. The molecule has 4 N–H and O–H groups in total. The molecule has 2 amide bonds. The first kappa shape index (κ1) is 34.6. The molecule has 9 nitrogen and oxygen atoms in total. The van der Waals surface area contributed by atoms with Gasteiger partial charge in [0.2, 0.25) is 11.8 Å². The Morgan fingerprint density at radius 1 is 1.10 bits per heavy atom. The number of hydrogen-bond acceptors (Lipinski definition) is 7. The van der Waals surface area contributed by atoms with Crippen LogP contribution in [0.2, 0.25) is 0 Å². The average Bonchev–Trinajstić information content (AvgIpc) is 3.00. The predicted molar refractivity (Wildman–Crippen MR) is 170 cm³/mol. The van der Waals surface area contributed by atoms with Crippen molar-refractivity contribution in [3.8, 4) is 11.5 Å². The molecule has 1 aromatic rings. The fourth-order valence-corrected chi connectivity index (χ4v) is 6.78. The zero-order valence-corrected chi connectivity index (χ0v) is 27.3. The smallest absolute Gasteiger partial charge is 0.247 e. The zero-order valence-electron chi connectivity index (χ0n) is 25.2. The number of ether oxygens (including phenoxy) is 2. The van der Waals surface area contributed by atoms with Crippen LogP contribution in [-0.4, -0.2) is 77.1 Å². The van der Waals surface area contributed by atoms with Gasteiger partial charge in [-0.1, -0.05) is 51.9 Å². The van der Waals surface area contributed by atoms with Gasteiger partial charge in [-0.15, -0.1) is 0 Å². The van der Waals surface area contributed by atoms with E-state index in [4.69, 9.17) is 9.47 Å². The van der Waals surface area contributed by atoms with Gasteiger partial charge in [0.1, 0.15) is 12.2 Å². The standard InChI is InChI=1S/C32H49IN2O7/c1-3-4-5-6-10-13-29(38)35(20-22-11-8-7-9-12-22)26-18-24(32(40)34-14-15-36)19-27(30(26)39)42-31-25(33)16-23(21-37)17-28(31)41-2/h16-17,19,22,26-27,30,36-37,39H,3-15,18,20-21H2,1-2H3,(H,34,40)/t26-,27+,30+/m1/s1. The number of aliphatic hydroxyl groups is 3. The first-order chi connectivity index (χ1) is 20.3. The highest BCUT2D eigenvalue weighted by Crippen LogP contribution is 2.37. The van der Waals surface area contributed by atoms with E-state index >= 15 is 0 Å². The van der Waals surface area contributed by atoms with Crippen molar-refractivity contribution in [3.05, 3.63) is 32.9 Å². The summed E-state index contributed by atoms with van der Waals surface area (Å²) in [7, 11) is 1.51. The molecule has 0 heterocycles. The number of methoxy groups -OCH3 is 1. The maximum atomic E-state index is 13.8. The van der Waals surface area contributed by atoms with Crippen molar-refractivity contribution in [1.82, 2.24) is 10.2 Å². The Bertz CT molecular complexity index is 1040. The summed E-state index contributed by atoms with van der Waals surface area (Å²) in [5, 5.41) is 33.4. The van der Waals surface area contributed by atoms with Crippen molar-refractivity contribution in [2.75, 3.05) is 26.8 Å². The molecule has 236 valence electrons. The molecule has 2 aliphatic rings. The fraction of sp³-hybridized carbons (Fsp3) is 0.688. The number of nitrogens with one attached hydrogen (secondary N) is 1. The van der Waals surface area contributed by atoms with E-state index in [1.54, 1.807) is 18.2 Å². The molecular weight excluding hydrogens is 651 g/mol. The van der Waals surface area contributed by atoms with Crippen LogP contribution >= 0.6 is 22.6 Å². The van der Waals surface area contributed by atoms with E-state index in [0.29, 0.717) is 45.1 Å². The van der Waals surface area contributed by atoms with E-state index in [1.165, 1.54) is 13.5 Å². The number of hydrogen-bond donors (Lipinski definition) is 4. The number of carbonyl (C=O) groups excluding carboxylic acids is 2. The van der Waals surface area contributed by atoms with E-state index in [2.05, 4.69) is 34.8 Å². The van der Waals surface area contributed by atoms with Crippen molar-refractivity contribution in [2.45, 2.75) is 109 Å². The van der Waals surface area contributed by atoms with Crippen molar-refractivity contribution >= 4 is 34.4 Å². The number of benzene rings is 1. The number of aliphatic hydroxyl groups excluding tert-OH is 3. The van der Waals surface area contributed by atoms with E-state index in [9.17, 15) is 24.9 Å². The molecular formula is C32H49IN2O7. The van der Waals surface area contributed by atoms with Gasteiger partial charge >= 0.3 is 0 Å². The summed E-state index contributed by atoms with van der Waals surface area (Å²) in [6.07, 6.45) is 11.0. The summed E-state index contributed by atoms with van der Waals surface area (Å²) in [6.45, 7) is 2.47. The average molecular weight is 701 g/mol. The largest absolute Gasteiger partial charge is 0.493 e. The quantitative estimate of drug-likeness (QED) is 0.148. The van der Waals surface area contributed by atoms with E-state index in [-0.39, 0.29) is 38.0 Å². The Kier molecular flexibility index (Phi) is 14.9. The number of carbonyl (C=O) groups is 2. The molecule has 1 saturated carbocycles. The first-order valence-electron chi connectivity index (χ1n) is 15.5. The lowest BCUT2D eigenvalue weighted by Gasteiger charge is -2.42. The highest BCUT2D eigenvalue weighted by Gasteiger charge is 2.41. The number of halogens is 1. The summed E-state index contributed by atoms with van der Waals surface area (Å²) in [4.78, 5) is 28.8. The minimum absolute atomic E-state index is 0.0105. The lowest BCUT2D eigenvalue weighted by Crippen LogP contribution is -2.56. The van der Waals surface area contributed by atoms with Gasteiger partial charge in [0.05, 0.1) is 29.9 Å². The Morgan fingerprint density at radius 3 is 2.50 bits per heavy atom. The molecule has 3 rings (SSSR count). The number of unbranched alkanes of at least 4 members (excludes halogenated alkanes) is 4. The summed E-state index contributed by atoms with van der Waals surface area (Å²) >= 11 is 2.10. The van der Waals surface area contributed by atoms with Gasteiger partial charge < -0.3 is 35.0 Å². The second kappa shape index (κ2) is 18.0. The summed E-state index contributed by atoms with van der Waals surface area (Å²) < 4.78 is 12.6. The highest BCUT2D eigenvalue weighted by molar-refractivity contribution is 14.1. The van der Waals surface area contributed by atoms with Crippen LogP contribution in [0.4, 0.5) is 0 Å². The predicted octanol–water partition coefficient (Wildman–Crippen LogP) is 4.48. The van der Waals surface area contributed by atoms with Crippen LogP contribution < -0.4 is 14.8 Å². The topological polar surface area (TPSA) is 129 Å². The molecule has 0 radical (unpaired) electrons. The third kappa shape index (κ3) is 9.82. The normalized spacial score (nSPS) is 21.0. The minimum atomic E-state index is -1.08. The van der Waals surface area contributed by atoms with Crippen molar-refractivity contribution in [2.24, 2.45) is 5.92 Å². The van der Waals surface area contributed by atoms with Crippen LogP contribution in [0.25, 0.3) is 0 Å². The highest BCUT2D eigenvalue weighted by atomic mass is 127. The molecule has 0 unspecified atom stereocenters. The fourth-order valence-electron chi connectivity index (χ4n) is 5.99. The van der Waals surface area contributed by atoms with E-state index < -0.39 is 18.2 Å². The van der Waals surface area contributed by atoms with Gasteiger partial charge in [0.25, 0.3) is 0 Å². The summed E-state index contributed by atoms with van der Waals surface area (Å²) in [5.41, 5.74) is 1.07. The zero-order chi connectivity index (χ0) is 30.5. The van der Waals surface area contributed by atoms with Gasteiger partial charge in [-0.2, -0.15) is 0 Å². The van der Waals surface area contributed by atoms with Gasteiger partial charge in [-0.05, 0) is 71.5 Å². The monoisotopic (exact) mass is 700 g/mol. The van der Waals surface area contributed by atoms with Gasteiger partial charge in [-0.3, -0.25) is 9.59 Å². The Hall–Kier alpha value is -1.89. The number of rotatable bonds is 16. The molecule has 10 heteroatoms. The van der Waals surface area contributed by atoms with Crippen LogP contribution in [0.15, 0.2) is 23.8 Å². The SMILES string of the molecule is CCCCCCCC(=O)N(CC1CCCCC1)[C@@H]1CC(C(=O)NCCO)=C[C@H](Oc2c(I)cc(CO)cc2OC)[C@H]1O. The second-order valence-corrected chi connectivity index (χ2v) is 12.7. The lowest BCUT2D eigenvalue weighted by atomic mass is 9.85. The Labute approximate surface area is 264 Å². The van der Waals surface area contributed by atoms with Crippen LogP contribution in [-0.2, 0) is 16.2 Å². The maximum Gasteiger partial charge on any atom is 0.247 e. The number of amides is 2. The molecule has 0 saturated heterocycles. The van der Waals surface area contributed by atoms with Crippen LogP contribution in [0.3, 0.4) is 0 Å². The van der Waals surface area contributed by atoms with Crippen LogP contribution in [0.1, 0.15) is 89.5 Å². The van der Waals surface area contributed by atoms with Gasteiger partial charge in [0, 0.05) is 31.5 Å². The molecule has 0 aromatic heterocycles. The van der Waals surface area contributed by atoms with E-state index in [1.807, 2.05) is 4.90 Å². The molecule has 0 aliphatic heterocycles. The summed E-state index contributed by atoms with van der Waals surface area (Å²) in [6, 6.07) is 2.82. The van der Waals surface area contributed by atoms with Crippen molar-refractivity contribution in [1.29, 1.82) is 0 Å². The molecule has 2 aliphatic carbocycles. The summed E-state index contributed by atoms with van der Waals surface area (Å²) in [5.74, 6) is 0.821. The lowest BCUT2D eigenvalue weighted by molar-refractivity contribution is -0.140. The van der Waals surface area contributed by atoms with Gasteiger partial charge in [-0.25, -0.2) is 0 Å². The molecule has 0 bridgehead atoms. The Morgan fingerprint density at radius 2 is 1.83 bits per heavy atom. The van der Waals surface area contributed by atoms with Gasteiger partial charge in [0.15, 0.2) is 11.5 Å².